The van der Waals surface area contributed by atoms with Crippen LogP contribution in [0.5, 0.6) is 0 Å². The summed E-state index contributed by atoms with van der Waals surface area (Å²) in [4.78, 5) is 30.9. The monoisotopic (exact) mass is 392 g/mol. The number of aryl methyl sites for hydroxylation is 2. The molecule has 5 heteroatoms. The van der Waals surface area contributed by atoms with Crippen molar-refractivity contribution in [2.45, 2.75) is 63.0 Å². The lowest BCUT2D eigenvalue weighted by atomic mass is 9.66. The van der Waals surface area contributed by atoms with E-state index >= 15 is 0 Å². The zero-order valence-electron chi connectivity index (χ0n) is 16.7. The van der Waals surface area contributed by atoms with Gasteiger partial charge in [-0.3, -0.25) is 9.59 Å². The third-order valence-electron chi connectivity index (χ3n) is 7.33. The van der Waals surface area contributed by atoms with E-state index in [1.165, 1.54) is 0 Å². The van der Waals surface area contributed by atoms with E-state index in [1.54, 1.807) is 0 Å². The van der Waals surface area contributed by atoms with E-state index in [2.05, 4.69) is 4.98 Å². The average Bonchev–Trinajstić information content (AvgIpc) is 3.21. The number of carbonyl (C=O) groups excluding carboxylic acids is 1. The van der Waals surface area contributed by atoms with Gasteiger partial charge in [-0.2, -0.15) is 0 Å². The normalized spacial score (nSPS) is 28.7. The highest BCUT2D eigenvalue weighted by Crippen LogP contribution is 2.47. The molecule has 0 radical (unpaired) electrons. The standard InChI is InChI=1S/C24H28N2O3/c27-22-18(15-16-7-6-11-20(16)25-22)23(28)26-14-13-24(29,17-8-2-1-3-9-17)19-10-4-5-12-21(19)26/h1-3,8-9,15,19,21,29H,4-7,10-14H2,(H,25,27)/t19-,21+,24+/m0/s1. The summed E-state index contributed by atoms with van der Waals surface area (Å²) < 4.78 is 0. The number of hydrogen-bond acceptors (Lipinski definition) is 3. The maximum absolute atomic E-state index is 13.4. The summed E-state index contributed by atoms with van der Waals surface area (Å²) in [6.07, 6.45) is 7.25. The van der Waals surface area contributed by atoms with Crippen LogP contribution in [0, 0.1) is 5.92 Å². The Hall–Kier alpha value is -2.40. The predicted molar refractivity (Wildman–Crippen MR) is 111 cm³/mol. The van der Waals surface area contributed by atoms with Crippen LogP contribution in [0.2, 0.25) is 0 Å². The Bertz CT molecular complexity index is 983. The van der Waals surface area contributed by atoms with Gasteiger partial charge < -0.3 is 15.0 Å². The van der Waals surface area contributed by atoms with Gasteiger partial charge in [0.2, 0.25) is 0 Å². The molecule has 5 nitrogen and oxygen atoms in total. The van der Waals surface area contributed by atoms with Crippen LogP contribution in [-0.4, -0.2) is 33.5 Å². The van der Waals surface area contributed by atoms with Crippen molar-refractivity contribution in [3.05, 3.63) is 69.1 Å². The van der Waals surface area contributed by atoms with E-state index < -0.39 is 5.60 Å². The molecule has 2 fully saturated rings. The Balaban J connectivity index is 1.48. The first kappa shape index (κ1) is 18.6. The SMILES string of the molecule is O=C(c1cc2c([nH]c1=O)CCC2)N1CC[C@@](O)(c2ccccc2)[C@H]2CCCC[C@H]21. The summed E-state index contributed by atoms with van der Waals surface area (Å²) in [5.74, 6) is -0.169. The Morgan fingerprint density at radius 3 is 2.72 bits per heavy atom. The zero-order valence-corrected chi connectivity index (χ0v) is 16.7. The number of aliphatic hydroxyl groups is 1. The minimum Gasteiger partial charge on any atom is -0.385 e. The van der Waals surface area contributed by atoms with E-state index in [1.807, 2.05) is 41.3 Å². The molecule has 3 aliphatic rings. The molecule has 1 aromatic carbocycles. The second-order valence-corrected chi connectivity index (χ2v) is 8.87. The molecule has 3 atom stereocenters. The Morgan fingerprint density at radius 2 is 1.90 bits per heavy atom. The molecule has 0 bridgehead atoms. The summed E-state index contributed by atoms with van der Waals surface area (Å²) in [6, 6.07) is 11.7. The van der Waals surface area contributed by atoms with E-state index in [-0.39, 0.29) is 29.0 Å². The van der Waals surface area contributed by atoms with Gasteiger partial charge in [-0.15, -0.1) is 0 Å². The Morgan fingerprint density at radius 1 is 1.10 bits per heavy atom. The third-order valence-corrected chi connectivity index (χ3v) is 7.33. The topological polar surface area (TPSA) is 73.4 Å². The Labute approximate surface area is 170 Å². The number of carbonyl (C=O) groups is 1. The molecule has 1 aliphatic heterocycles. The fraction of sp³-hybridized carbons (Fsp3) is 0.500. The molecule has 2 aromatic rings. The zero-order chi connectivity index (χ0) is 20.0. The number of hydrogen-bond donors (Lipinski definition) is 2. The number of nitrogens with zero attached hydrogens (tertiary/aromatic N) is 1. The van der Waals surface area contributed by atoms with Gasteiger partial charge in [-0.25, -0.2) is 0 Å². The minimum atomic E-state index is -0.909. The van der Waals surface area contributed by atoms with Crippen molar-refractivity contribution in [3.63, 3.8) is 0 Å². The summed E-state index contributed by atoms with van der Waals surface area (Å²) in [5.41, 5.74) is 2.12. The van der Waals surface area contributed by atoms with Crippen LogP contribution in [0.4, 0.5) is 0 Å². The van der Waals surface area contributed by atoms with Crippen LogP contribution in [0.15, 0.2) is 41.2 Å². The molecule has 1 aromatic heterocycles. The van der Waals surface area contributed by atoms with Crippen LogP contribution >= 0.6 is 0 Å². The lowest BCUT2D eigenvalue weighted by Gasteiger charge is -2.52. The van der Waals surface area contributed by atoms with Crippen LogP contribution in [0.25, 0.3) is 0 Å². The van der Waals surface area contributed by atoms with Gasteiger partial charge in [0.15, 0.2) is 0 Å². The summed E-state index contributed by atoms with van der Waals surface area (Å²) in [5, 5.41) is 11.7. The molecule has 1 saturated carbocycles. The van der Waals surface area contributed by atoms with Crippen molar-refractivity contribution in [1.29, 1.82) is 0 Å². The maximum atomic E-state index is 13.4. The molecule has 152 valence electrons. The quantitative estimate of drug-likeness (QED) is 0.825. The van der Waals surface area contributed by atoms with E-state index in [0.717, 1.165) is 61.8 Å². The van der Waals surface area contributed by atoms with E-state index in [4.69, 9.17) is 0 Å². The molecule has 29 heavy (non-hydrogen) atoms. The number of pyridine rings is 1. The molecule has 0 unspecified atom stereocenters. The molecular formula is C24H28N2O3. The fourth-order valence-electron chi connectivity index (χ4n) is 5.85. The number of rotatable bonds is 2. The first-order valence-electron chi connectivity index (χ1n) is 10.9. The second-order valence-electron chi connectivity index (χ2n) is 8.87. The smallest absolute Gasteiger partial charge is 0.261 e. The predicted octanol–water partition coefficient (Wildman–Crippen LogP) is 3.16. The van der Waals surface area contributed by atoms with Crippen LogP contribution in [0.3, 0.4) is 0 Å². The van der Waals surface area contributed by atoms with Gasteiger partial charge in [0.1, 0.15) is 5.56 Å². The largest absolute Gasteiger partial charge is 0.385 e. The van der Waals surface area contributed by atoms with Crippen LogP contribution in [-0.2, 0) is 18.4 Å². The van der Waals surface area contributed by atoms with Crippen LogP contribution in [0.1, 0.15) is 65.7 Å². The number of aromatic nitrogens is 1. The average molecular weight is 392 g/mol. The van der Waals surface area contributed by atoms with Crippen molar-refractivity contribution in [1.82, 2.24) is 9.88 Å². The molecule has 1 saturated heterocycles. The molecule has 2 heterocycles. The molecular weight excluding hydrogens is 364 g/mol. The summed E-state index contributed by atoms with van der Waals surface area (Å²) in [7, 11) is 0. The Kier molecular flexibility index (Phi) is 4.58. The van der Waals surface area contributed by atoms with Crippen molar-refractivity contribution < 1.29 is 9.90 Å². The number of amides is 1. The highest BCUT2D eigenvalue weighted by Gasteiger charge is 2.50. The highest BCUT2D eigenvalue weighted by molar-refractivity contribution is 5.94. The summed E-state index contributed by atoms with van der Waals surface area (Å²) in [6.45, 7) is 0.474. The first-order valence-corrected chi connectivity index (χ1v) is 10.9. The van der Waals surface area contributed by atoms with Gasteiger partial charge in [0.05, 0.1) is 5.60 Å². The van der Waals surface area contributed by atoms with Crippen molar-refractivity contribution >= 4 is 5.91 Å². The van der Waals surface area contributed by atoms with Gasteiger partial charge in [0, 0.05) is 24.2 Å². The van der Waals surface area contributed by atoms with Crippen molar-refractivity contribution in [3.8, 4) is 0 Å². The minimum absolute atomic E-state index is 0.00450. The number of likely N-dealkylation sites (tertiary alicyclic amines) is 1. The van der Waals surface area contributed by atoms with E-state index in [0.29, 0.717) is 13.0 Å². The number of nitrogens with one attached hydrogen (secondary N) is 1. The first-order chi connectivity index (χ1) is 14.1. The lowest BCUT2D eigenvalue weighted by molar-refractivity contribution is -0.110. The molecule has 2 N–H and O–H groups in total. The highest BCUT2D eigenvalue weighted by atomic mass is 16.3. The number of piperidine rings is 1. The van der Waals surface area contributed by atoms with Gasteiger partial charge in [0.25, 0.3) is 11.5 Å². The lowest BCUT2D eigenvalue weighted by Crippen LogP contribution is -2.59. The number of aromatic amines is 1. The molecule has 5 rings (SSSR count). The third kappa shape index (κ3) is 3.03. The van der Waals surface area contributed by atoms with Gasteiger partial charge >= 0.3 is 0 Å². The molecule has 1 amide bonds. The summed E-state index contributed by atoms with van der Waals surface area (Å²) >= 11 is 0. The number of fused-ring (bicyclic) bond motifs is 2. The van der Waals surface area contributed by atoms with Gasteiger partial charge in [-0.05, 0) is 55.7 Å². The fourth-order valence-corrected chi connectivity index (χ4v) is 5.85. The van der Waals surface area contributed by atoms with Crippen molar-refractivity contribution in [2.75, 3.05) is 6.54 Å². The second kappa shape index (κ2) is 7.13. The maximum Gasteiger partial charge on any atom is 0.261 e. The van der Waals surface area contributed by atoms with Gasteiger partial charge in [-0.1, -0.05) is 43.2 Å². The number of H-pyrrole nitrogens is 1. The molecule has 0 spiro atoms. The number of benzene rings is 1. The molecule has 2 aliphatic carbocycles. The van der Waals surface area contributed by atoms with Crippen LogP contribution < -0.4 is 5.56 Å². The van der Waals surface area contributed by atoms with E-state index in [9.17, 15) is 14.7 Å². The van der Waals surface area contributed by atoms with Crippen molar-refractivity contribution in [2.24, 2.45) is 5.92 Å².